The molecule has 1 aliphatic heterocycles. The van der Waals surface area contributed by atoms with Gasteiger partial charge in [-0.1, -0.05) is 13.8 Å². The Bertz CT molecular complexity index is 437. The predicted octanol–water partition coefficient (Wildman–Crippen LogP) is 1.05. The van der Waals surface area contributed by atoms with E-state index in [1.54, 1.807) is 0 Å². The summed E-state index contributed by atoms with van der Waals surface area (Å²) in [6.45, 7) is 6.17. The fraction of sp³-hybridized carbons (Fsp3) is 0.692. The number of aryl methyl sites for hydroxylation is 1. The van der Waals surface area contributed by atoms with E-state index in [2.05, 4.69) is 29.1 Å². The molecule has 0 bridgehead atoms. The monoisotopic (exact) mass is 235 g/mol. The molecule has 1 aliphatic rings. The van der Waals surface area contributed by atoms with Gasteiger partial charge in [-0.15, -0.1) is 0 Å². The Kier molecular flexibility index (Phi) is 3.94. The van der Waals surface area contributed by atoms with Crippen molar-refractivity contribution in [3.63, 3.8) is 0 Å². The van der Waals surface area contributed by atoms with Crippen molar-refractivity contribution in [1.29, 1.82) is 0 Å². The molecule has 0 fully saturated rings. The highest BCUT2D eigenvalue weighted by molar-refractivity contribution is 5.20. The number of aromatic nitrogens is 2. The molecule has 0 amide bonds. The van der Waals surface area contributed by atoms with E-state index in [-0.39, 0.29) is 5.56 Å². The zero-order valence-corrected chi connectivity index (χ0v) is 10.7. The molecule has 0 spiro atoms. The summed E-state index contributed by atoms with van der Waals surface area (Å²) in [5, 5.41) is 3.30. The number of aromatic amines is 1. The largest absolute Gasteiger partial charge is 0.316 e. The van der Waals surface area contributed by atoms with Crippen LogP contribution in [-0.4, -0.2) is 23.1 Å². The van der Waals surface area contributed by atoms with Crippen molar-refractivity contribution in [3.05, 3.63) is 27.4 Å². The third kappa shape index (κ3) is 3.16. The Morgan fingerprint density at radius 2 is 2.06 bits per heavy atom. The minimum atomic E-state index is 0.0671. The van der Waals surface area contributed by atoms with E-state index in [0.717, 1.165) is 55.9 Å². The quantitative estimate of drug-likeness (QED) is 0.823. The van der Waals surface area contributed by atoms with Gasteiger partial charge < -0.3 is 10.3 Å². The average molecular weight is 235 g/mol. The Morgan fingerprint density at radius 3 is 2.82 bits per heavy atom. The molecular formula is C13H21N3O. The van der Waals surface area contributed by atoms with E-state index < -0.39 is 0 Å². The fourth-order valence-corrected chi connectivity index (χ4v) is 2.15. The molecule has 0 aromatic carbocycles. The summed E-state index contributed by atoms with van der Waals surface area (Å²) in [5.74, 6) is 1.49. The molecule has 2 N–H and O–H groups in total. The van der Waals surface area contributed by atoms with Crippen molar-refractivity contribution in [1.82, 2.24) is 15.3 Å². The van der Waals surface area contributed by atoms with E-state index in [1.165, 1.54) is 0 Å². The van der Waals surface area contributed by atoms with Gasteiger partial charge in [0.05, 0.1) is 5.69 Å². The highest BCUT2D eigenvalue weighted by atomic mass is 16.1. The molecule has 1 aromatic rings. The third-order valence-corrected chi connectivity index (χ3v) is 3.20. The minimum absolute atomic E-state index is 0.0671. The van der Waals surface area contributed by atoms with Crippen molar-refractivity contribution in [2.45, 2.75) is 39.5 Å². The molecule has 2 rings (SSSR count). The molecule has 0 radical (unpaired) electrons. The van der Waals surface area contributed by atoms with E-state index >= 15 is 0 Å². The highest BCUT2D eigenvalue weighted by Gasteiger charge is 2.13. The summed E-state index contributed by atoms with van der Waals surface area (Å²) in [4.78, 5) is 19.5. The second-order valence-corrected chi connectivity index (χ2v) is 5.12. The minimum Gasteiger partial charge on any atom is -0.316 e. The zero-order valence-electron chi connectivity index (χ0n) is 10.7. The fourth-order valence-electron chi connectivity index (χ4n) is 2.15. The van der Waals surface area contributed by atoms with Crippen LogP contribution in [0, 0.1) is 5.92 Å². The van der Waals surface area contributed by atoms with Crippen LogP contribution in [0.5, 0.6) is 0 Å². The molecule has 94 valence electrons. The molecule has 0 saturated heterocycles. The van der Waals surface area contributed by atoms with Gasteiger partial charge in [0, 0.05) is 24.9 Å². The maximum absolute atomic E-state index is 12.0. The standard InChI is InChI=1S/C13H21N3O/c1-9(2)3-4-12-15-11-6-8-14-7-5-10(11)13(17)16-12/h9,14H,3-8H2,1-2H3,(H,15,16,17). The SMILES string of the molecule is CC(C)CCc1nc2c(c(=O)[nH]1)CCNCC2. The Morgan fingerprint density at radius 1 is 1.29 bits per heavy atom. The van der Waals surface area contributed by atoms with Crippen LogP contribution in [0.2, 0.25) is 0 Å². The van der Waals surface area contributed by atoms with Gasteiger partial charge in [0.25, 0.3) is 5.56 Å². The van der Waals surface area contributed by atoms with Crippen LogP contribution in [0.4, 0.5) is 0 Å². The van der Waals surface area contributed by atoms with Gasteiger partial charge in [-0.25, -0.2) is 4.98 Å². The summed E-state index contributed by atoms with van der Waals surface area (Å²) >= 11 is 0. The first-order valence-electron chi connectivity index (χ1n) is 6.48. The normalized spacial score (nSPS) is 15.7. The van der Waals surface area contributed by atoms with Gasteiger partial charge in [-0.05, 0) is 25.3 Å². The van der Waals surface area contributed by atoms with Crippen LogP contribution in [0.15, 0.2) is 4.79 Å². The molecule has 0 unspecified atom stereocenters. The lowest BCUT2D eigenvalue weighted by Crippen LogP contribution is -2.21. The van der Waals surface area contributed by atoms with Crippen LogP contribution in [0.1, 0.15) is 37.4 Å². The molecule has 2 heterocycles. The first-order valence-corrected chi connectivity index (χ1v) is 6.48. The second-order valence-electron chi connectivity index (χ2n) is 5.12. The zero-order chi connectivity index (χ0) is 12.3. The Hall–Kier alpha value is -1.16. The molecule has 17 heavy (non-hydrogen) atoms. The van der Waals surface area contributed by atoms with Crippen molar-refractivity contribution in [2.75, 3.05) is 13.1 Å². The maximum atomic E-state index is 12.0. The lowest BCUT2D eigenvalue weighted by molar-refractivity contribution is 0.571. The van der Waals surface area contributed by atoms with Crippen molar-refractivity contribution in [3.8, 4) is 0 Å². The smallest absolute Gasteiger partial charge is 0.254 e. The van der Waals surface area contributed by atoms with Crippen LogP contribution in [-0.2, 0) is 19.3 Å². The first-order chi connectivity index (χ1) is 8.16. The van der Waals surface area contributed by atoms with E-state index in [1.807, 2.05) is 0 Å². The molecule has 4 heteroatoms. The molecule has 0 saturated carbocycles. The summed E-state index contributed by atoms with van der Waals surface area (Å²) in [6.07, 6.45) is 3.60. The van der Waals surface area contributed by atoms with Gasteiger partial charge in [-0.3, -0.25) is 4.79 Å². The third-order valence-electron chi connectivity index (χ3n) is 3.20. The number of nitrogens with one attached hydrogen (secondary N) is 2. The number of hydrogen-bond donors (Lipinski definition) is 2. The topological polar surface area (TPSA) is 57.8 Å². The molecule has 0 atom stereocenters. The maximum Gasteiger partial charge on any atom is 0.254 e. The average Bonchev–Trinajstić information content (AvgIpc) is 2.51. The summed E-state index contributed by atoms with van der Waals surface area (Å²) in [5.41, 5.74) is 1.94. The molecule has 0 aliphatic carbocycles. The highest BCUT2D eigenvalue weighted by Crippen LogP contribution is 2.09. The van der Waals surface area contributed by atoms with Crippen LogP contribution < -0.4 is 10.9 Å². The van der Waals surface area contributed by atoms with E-state index in [9.17, 15) is 4.79 Å². The van der Waals surface area contributed by atoms with Crippen LogP contribution in [0.3, 0.4) is 0 Å². The van der Waals surface area contributed by atoms with Gasteiger partial charge in [0.15, 0.2) is 0 Å². The van der Waals surface area contributed by atoms with Crippen molar-refractivity contribution >= 4 is 0 Å². The number of nitrogens with zero attached hydrogens (tertiary/aromatic N) is 1. The van der Waals surface area contributed by atoms with Crippen LogP contribution >= 0.6 is 0 Å². The van der Waals surface area contributed by atoms with Crippen molar-refractivity contribution < 1.29 is 0 Å². The Labute approximate surface area is 102 Å². The van der Waals surface area contributed by atoms with Gasteiger partial charge in [0.1, 0.15) is 5.82 Å². The van der Waals surface area contributed by atoms with Gasteiger partial charge in [0.2, 0.25) is 0 Å². The second kappa shape index (κ2) is 5.45. The molecular weight excluding hydrogens is 214 g/mol. The predicted molar refractivity (Wildman–Crippen MR) is 68.3 cm³/mol. The summed E-state index contributed by atoms with van der Waals surface area (Å²) in [7, 11) is 0. The first kappa shape index (κ1) is 12.3. The summed E-state index contributed by atoms with van der Waals surface area (Å²) < 4.78 is 0. The van der Waals surface area contributed by atoms with Gasteiger partial charge >= 0.3 is 0 Å². The van der Waals surface area contributed by atoms with Crippen molar-refractivity contribution in [2.24, 2.45) is 5.92 Å². The summed E-state index contributed by atoms with van der Waals surface area (Å²) in [6, 6.07) is 0. The number of hydrogen-bond acceptors (Lipinski definition) is 3. The number of rotatable bonds is 3. The van der Waals surface area contributed by atoms with E-state index in [0.29, 0.717) is 5.92 Å². The number of fused-ring (bicyclic) bond motifs is 1. The lowest BCUT2D eigenvalue weighted by atomic mass is 10.1. The van der Waals surface area contributed by atoms with Gasteiger partial charge in [-0.2, -0.15) is 0 Å². The van der Waals surface area contributed by atoms with E-state index in [4.69, 9.17) is 0 Å². The number of H-pyrrole nitrogens is 1. The molecule has 1 aromatic heterocycles. The Balaban J connectivity index is 2.23. The van der Waals surface area contributed by atoms with Crippen LogP contribution in [0.25, 0.3) is 0 Å². The lowest BCUT2D eigenvalue weighted by Gasteiger charge is -2.08. The molecule has 4 nitrogen and oxygen atoms in total.